The summed E-state index contributed by atoms with van der Waals surface area (Å²) in [6.07, 6.45) is 2.69. The quantitative estimate of drug-likeness (QED) is 0.425. The Balaban J connectivity index is 1.37. The van der Waals surface area contributed by atoms with E-state index in [1.807, 2.05) is 80.1 Å². The Morgan fingerprint density at radius 3 is 2.52 bits per heavy atom. The molecule has 2 aromatic carbocycles. The largest absolute Gasteiger partial charge is 0.493 e. The number of rotatable bonds is 7. The summed E-state index contributed by atoms with van der Waals surface area (Å²) in [5, 5.41) is 8.46. The van der Waals surface area contributed by atoms with Gasteiger partial charge in [-0.2, -0.15) is 5.10 Å². The number of para-hydroxylation sites is 2. The van der Waals surface area contributed by atoms with Crippen LogP contribution in [0.15, 0.2) is 60.8 Å². The number of fused-ring (bicyclic) bond motifs is 1. The van der Waals surface area contributed by atoms with E-state index in [0.717, 1.165) is 39.3 Å². The number of carbonyl (C=O) groups is 1. The van der Waals surface area contributed by atoms with Crippen molar-refractivity contribution in [1.82, 2.24) is 14.8 Å². The highest BCUT2D eigenvalue weighted by molar-refractivity contribution is 5.93. The van der Waals surface area contributed by atoms with Crippen molar-refractivity contribution in [3.8, 4) is 11.4 Å². The minimum atomic E-state index is -0.0561. The molecule has 1 N–H and O–H groups in total. The minimum Gasteiger partial charge on any atom is -0.493 e. The Kier molecular flexibility index (Phi) is 5.98. The Morgan fingerprint density at radius 2 is 1.77 bits per heavy atom. The van der Waals surface area contributed by atoms with Crippen molar-refractivity contribution in [3.05, 3.63) is 77.6 Å². The van der Waals surface area contributed by atoms with Crippen LogP contribution >= 0.6 is 0 Å². The number of benzene rings is 2. The molecule has 0 aliphatic heterocycles. The van der Waals surface area contributed by atoms with Crippen LogP contribution in [-0.2, 0) is 4.79 Å². The Morgan fingerprint density at radius 1 is 1.03 bits per heavy atom. The molecule has 31 heavy (non-hydrogen) atoms. The van der Waals surface area contributed by atoms with Gasteiger partial charge >= 0.3 is 0 Å². The van der Waals surface area contributed by atoms with E-state index in [4.69, 9.17) is 4.74 Å². The number of anilines is 1. The topological polar surface area (TPSA) is 69.0 Å². The van der Waals surface area contributed by atoms with Crippen LogP contribution < -0.4 is 10.1 Å². The molecule has 0 radical (unpaired) electrons. The maximum atomic E-state index is 12.4. The first-order valence-corrected chi connectivity index (χ1v) is 10.4. The number of hydrogen-bond acceptors (Lipinski definition) is 4. The molecule has 0 aliphatic rings. The molecule has 2 aromatic heterocycles. The number of ether oxygens (including phenoxy) is 1. The average Bonchev–Trinajstić information content (AvgIpc) is 3.09. The number of aromatic nitrogens is 3. The first-order chi connectivity index (χ1) is 15.0. The molecule has 4 aromatic rings. The predicted octanol–water partition coefficient (Wildman–Crippen LogP) is 5.14. The van der Waals surface area contributed by atoms with Crippen molar-refractivity contribution in [2.45, 2.75) is 33.6 Å². The van der Waals surface area contributed by atoms with E-state index < -0.39 is 0 Å². The summed E-state index contributed by atoms with van der Waals surface area (Å²) in [5.41, 5.74) is 5.47. The molecule has 0 saturated heterocycles. The molecular weight excluding hydrogens is 388 g/mol. The molecule has 0 bridgehead atoms. The molecule has 4 rings (SSSR count). The normalized spacial score (nSPS) is 10.9. The summed E-state index contributed by atoms with van der Waals surface area (Å²) < 4.78 is 7.70. The third-order valence-corrected chi connectivity index (χ3v) is 5.19. The standard InChI is InChI=1S/C25H26N4O2/c1-17-9-7-10-18(2)24(17)31-14-8-13-23(30)27-20-15-22-19(3)28-29(25(22)26-16-20)21-11-5-4-6-12-21/h4-7,9-12,15-16H,8,13-14H2,1-3H3,(H,27,30). The van der Waals surface area contributed by atoms with Gasteiger partial charge in [-0.05, 0) is 56.5 Å². The van der Waals surface area contributed by atoms with Gasteiger partial charge in [-0.15, -0.1) is 0 Å². The summed E-state index contributed by atoms with van der Waals surface area (Å²) in [6, 6.07) is 17.9. The van der Waals surface area contributed by atoms with Crippen LogP contribution in [0.1, 0.15) is 29.7 Å². The zero-order chi connectivity index (χ0) is 21.8. The number of aryl methyl sites for hydroxylation is 3. The number of hydrogen-bond donors (Lipinski definition) is 1. The molecule has 2 heterocycles. The minimum absolute atomic E-state index is 0.0561. The van der Waals surface area contributed by atoms with Crippen LogP contribution in [-0.4, -0.2) is 27.3 Å². The maximum absolute atomic E-state index is 12.4. The summed E-state index contributed by atoms with van der Waals surface area (Å²) in [5.74, 6) is 0.850. The van der Waals surface area contributed by atoms with Gasteiger partial charge in [-0.25, -0.2) is 9.67 Å². The van der Waals surface area contributed by atoms with Gasteiger partial charge in [-0.1, -0.05) is 36.4 Å². The highest BCUT2D eigenvalue weighted by Gasteiger charge is 2.12. The van der Waals surface area contributed by atoms with Gasteiger partial charge in [0, 0.05) is 11.8 Å². The SMILES string of the molecule is Cc1cccc(C)c1OCCCC(=O)Nc1cnc2c(c1)c(C)nn2-c1ccccc1. The second-order valence-electron chi connectivity index (χ2n) is 7.65. The van der Waals surface area contributed by atoms with Crippen molar-refractivity contribution in [3.63, 3.8) is 0 Å². The molecule has 6 heteroatoms. The summed E-state index contributed by atoms with van der Waals surface area (Å²) in [7, 11) is 0. The van der Waals surface area contributed by atoms with E-state index in [-0.39, 0.29) is 5.91 Å². The molecule has 0 unspecified atom stereocenters. The number of pyridine rings is 1. The molecule has 0 spiro atoms. The van der Waals surface area contributed by atoms with Gasteiger partial charge in [0.15, 0.2) is 5.65 Å². The van der Waals surface area contributed by atoms with Gasteiger partial charge in [0.2, 0.25) is 5.91 Å². The smallest absolute Gasteiger partial charge is 0.224 e. The highest BCUT2D eigenvalue weighted by Crippen LogP contribution is 2.24. The number of nitrogens with zero attached hydrogens (tertiary/aromatic N) is 3. The molecule has 0 aliphatic carbocycles. The van der Waals surface area contributed by atoms with E-state index in [0.29, 0.717) is 25.1 Å². The first-order valence-electron chi connectivity index (χ1n) is 10.4. The molecule has 0 atom stereocenters. The summed E-state index contributed by atoms with van der Waals surface area (Å²) in [4.78, 5) is 16.9. The van der Waals surface area contributed by atoms with E-state index >= 15 is 0 Å². The molecule has 0 fully saturated rings. The van der Waals surface area contributed by atoms with Crippen LogP contribution in [0.2, 0.25) is 0 Å². The third kappa shape index (κ3) is 4.58. The molecule has 0 saturated carbocycles. The lowest BCUT2D eigenvalue weighted by Gasteiger charge is -2.11. The maximum Gasteiger partial charge on any atom is 0.224 e. The van der Waals surface area contributed by atoms with E-state index in [9.17, 15) is 4.79 Å². The molecule has 158 valence electrons. The van der Waals surface area contributed by atoms with E-state index in [1.54, 1.807) is 6.20 Å². The molecule has 6 nitrogen and oxygen atoms in total. The monoisotopic (exact) mass is 414 g/mol. The van der Waals surface area contributed by atoms with E-state index in [2.05, 4.69) is 15.4 Å². The number of amides is 1. The van der Waals surface area contributed by atoms with Crippen LogP contribution in [0.25, 0.3) is 16.7 Å². The van der Waals surface area contributed by atoms with Crippen molar-refractivity contribution < 1.29 is 9.53 Å². The van der Waals surface area contributed by atoms with Gasteiger partial charge in [0.25, 0.3) is 0 Å². The lowest BCUT2D eigenvalue weighted by Crippen LogP contribution is -2.13. The fourth-order valence-corrected chi connectivity index (χ4v) is 3.62. The fourth-order valence-electron chi connectivity index (χ4n) is 3.62. The summed E-state index contributed by atoms with van der Waals surface area (Å²) >= 11 is 0. The number of nitrogens with one attached hydrogen (secondary N) is 1. The third-order valence-electron chi connectivity index (χ3n) is 5.19. The first kappa shape index (κ1) is 20.6. The second-order valence-corrected chi connectivity index (χ2v) is 7.65. The van der Waals surface area contributed by atoms with E-state index in [1.165, 1.54) is 0 Å². The number of carbonyl (C=O) groups excluding carboxylic acids is 1. The highest BCUT2D eigenvalue weighted by atomic mass is 16.5. The zero-order valence-electron chi connectivity index (χ0n) is 18.1. The molecule has 1 amide bonds. The average molecular weight is 415 g/mol. The predicted molar refractivity (Wildman–Crippen MR) is 123 cm³/mol. The van der Waals surface area contributed by atoms with Crippen molar-refractivity contribution in [2.24, 2.45) is 0 Å². The summed E-state index contributed by atoms with van der Waals surface area (Å²) in [6.45, 7) is 6.50. The Bertz CT molecular complexity index is 1190. The van der Waals surface area contributed by atoms with Crippen molar-refractivity contribution >= 4 is 22.6 Å². The van der Waals surface area contributed by atoms with Gasteiger partial charge in [0.05, 0.1) is 29.9 Å². The van der Waals surface area contributed by atoms with Gasteiger partial charge < -0.3 is 10.1 Å². The van der Waals surface area contributed by atoms with Gasteiger partial charge in [-0.3, -0.25) is 4.79 Å². The zero-order valence-corrected chi connectivity index (χ0v) is 18.1. The Hall–Kier alpha value is -3.67. The lowest BCUT2D eigenvalue weighted by molar-refractivity contribution is -0.116. The lowest BCUT2D eigenvalue weighted by atomic mass is 10.1. The van der Waals surface area contributed by atoms with Crippen molar-refractivity contribution in [2.75, 3.05) is 11.9 Å². The van der Waals surface area contributed by atoms with Crippen molar-refractivity contribution in [1.29, 1.82) is 0 Å². The van der Waals surface area contributed by atoms with Gasteiger partial charge in [0.1, 0.15) is 5.75 Å². The molecular formula is C25H26N4O2. The van der Waals surface area contributed by atoms with Crippen LogP contribution in [0.3, 0.4) is 0 Å². The van der Waals surface area contributed by atoms with Crippen LogP contribution in [0.5, 0.6) is 5.75 Å². The van der Waals surface area contributed by atoms with Crippen LogP contribution in [0, 0.1) is 20.8 Å². The second kappa shape index (κ2) is 9.00. The Labute approximate surface area is 181 Å². The van der Waals surface area contributed by atoms with Crippen LogP contribution in [0.4, 0.5) is 5.69 Å². The fraction of sp³-hybridized carbons (Fsp3) is 0.240.